The van der Waals surface area contributed by atoms with Gasteiger partial charge in [-0.2, -0.15) is 0 Å². The standard InChI is InChI=1S/C17H21FN2O2/c1-12-4-3-9-20(11-12)16(21)17(2)10-15(19-22-17)13-5-7-14(18)8-6-13/h5-8,12H,3-4,9-11H2,1-2H3/t12-,17-/m0/s1. The number of oxime groups is 1. The molecule has 0 saturated carbocycles. The first-order valence-electron chi connectivity index (χ1n) is 7.78. The lowest BCUT2D eigenvalue weighted by Crippen LogP contribution is -2.50. The summed E-state index contributed by atoms with van der Waals surface area (Å²) in [7, 11) is 0. The van der Waals surface area contributed by atoms with E-state index < -0.39 is 5.60 Å². The summed E-state index contributed by atoms with van der Waals surface area (Å²) >= 11 is 0. The first-order chi connectivity index (χ1) is 10.5. The molecule has 2 aliphatic heterocycles. The second-order valence-corrected chi connectivity index (χ2v) is 6.54. The van der Waals surface area contributed by atoms with E-state index in [9.17, 15) is 9.18 Å². The number of carbonyl (C=O) groups excluding carboxylic acids is 1. The maximum absolute atomic E-state index is 13.0. The quantitative estimate of drug-likeness (QED) is 0.843. The Kier molecular flexibility index (Phi) is 3.89. The van der Waals surface area contributed by atoms with E-state index >= 15 is 0 Å². The highest BCUT2D eigenvalue weighted by atomic mass is 19.1. The number of hydrogen-bond donors (Lipinski definition) is 0. The smallest absolute Gasteiger partial charge is 0.269 e. The van der Waals surface area contributed by atoms with Gasteiger partial charge in [0.15, 0.2) is 0 Å². The highest BCUT2D eigenvalue weighted by molar-refractivity contribution is 6.05. The van der Waals surface area contributed by atoms with E-state index in [0.29, 0.717) is 18.1 Å². The highest BCUT2D eigenvalue weighted by Crippen LogP contribution is 2.30. The monoisotopic (exact) mass is 304 g/mol. The number of nitrogens with zero attached hydrogens (tertiary/aromatic N) is 2. The molecule has 0 spiro atoms. The van der Waals surface area contributed by atoms with Crippen molar-refractivity contribution in [1.29, 1.82) is 0 Å². The highest BCUT2D eigenvalue weighted by Gasteiger charge is 2.45. The minimum atomic E-state index is -0.944. The number of halogens is 1. The van der Waals surface area contributed by atoms with Crippen LogP contribution in [0.3, 0.4) is 0 Å². The number of likely N-dealkylation sites (tertiary alicyclic amines) is 1. The van der Waals surface area contributed by atoms with Crippen molar-refractivity contribution in [3.05, 3.63) is 35.6 Å². The largest absolute Gasteiger partial charge is 0.379 e. The van der Waals surface area contributed by atoms with Crippen LogP contribution in [0.4, 0.5) is 4.39 Å². The van der Waals surface area contributed by atoms with Crippen molar-refractivity contribution in [2.45, 2.75) is 38.7 Å². The number of amides is 1. The predicted octanol–water partition coefficient (Wildman–Crippen LogP) is 2.97. The molecule has 2 heterocycles. The summed E-state index contributed by atoms with van der Waals surface area (Å²) in [5.74, 6) is 0.240. The molecular formula is C17H21FN2O2. The maximum Gasteiger partial charge on any atom is 0.269 e. The Balaban J connectivity index is 1.71. The third kappa shape index (κ3) is 2.85. The lowest BCUT2D eigenvalue weighted by atomic mass is 9.92. The third-order valence-electron chi connectivity index (χ3n) is 4.44. The maximum atomic E-state index is 13.0. The Morgan fingerprint density at radius 2 is 2.14 bits per heavy atom. The molecule has 0 bridgehead atoms. The van der Waals surface area contributed by atoms with Gasteiger partial charge in [-0.05, 0) is 43.4 Å². The van der Waals surface area contributed by atoms with Gasteiger partial charge in [0.1, 0.15) is 5.82 Å². The second kappa shape index (κ2) is 5.71. The molecule has 5 heteroatoms. The molecule has 1 aromatic carbocycles. The van der Waals surface area contributed by atoms with E-state index in [-0.39, 0.29) is 11.7 Å². The Hall–Kier alpha value is -1.91. The van der Waals surface area contributed by atoms with Crippen molar-refractivity contribution >= 4 is 11.6 Å². The lowest BCUT2D eigenvalue weighted by Gasteiger charge is -2.35. The van der Waals surface area contributed by atoms with Crippen LogP contribution in [0.1, 0.15) is 38.7 Å². The van der Waals surface area contributed by atoms with Crippen LogP contribution in [0, 0.1) is 11.7 Å². The zero-order valence-electron chi connectivity index (χ0n) is 13.0. The number of hydrogen-bond acceptors (Lipinski definition) is 3. The minimum absolute atomic E-state index is 0.0000818. The molecule has 1 aromatic rings. The zero-order valence-corrected chi connectivity index (χ0v) is 13.0. The van der Waals surface area contributed by atoms with E-state index in [1.165, 1.54) is 18.6 Å². The van der Waals surface area contributed by atoms with Crippen molar-refractivity contribution in [2.75, 3.05) is 13.1 Å². The van der Waals surface area contributed by atoms with Gasteiger partial charge in [0.2, 0.25) is 5.60 Å². The van der Waals surface area contributed by atoms with Gasteiger partial charge in [-0.1, -0.05) is 24.2 Å². The van der Waals surface area contributed by atoms with Crippen LogP contribution >= 0.6 is 0 Å². The Bertz CT molecular complexity index is 599. The first-order valence-corrected chi connectivity index (χ1v) is 7.78. The molecule has 4 nitrogen and oxygen atoms in total. The second-order valence-electron chi connectivity index (χ2n) is 6.54. The van der Waals surface area contributed by atoms with Gasteiger partial charge in [0, 0.05) is 19.5 Å². The van der Waals surface area contributed by atoms with Gasteiger partial charge in [-0.15, -0.1) is 0 Å². The molecule has 1 amide bonds. The Morgan fingerprint density at radius 3 is 2.82 bits per heavy atom. The Morgan fingerprint density at radius 1 is 1.41 bits per heavy atom. The minimum Gasteiger partial charge on any atom is -0.379 e. The summed E-state index contributed by atoms with van der Waals surface area (Å²) in [4.78, 5) is 20.1. The van der Waals surface area contributed by atoms with E-state index in [2.05, 4.69) is 12.1 Å². The van der Waals surface area contributed by atoms with Crippen LogP contribution < -0.4 is 0 Å². The van der Waals surface area contributed by atoms with Crippen LogP contribution in [-0.2, 0) is 9.63 Å². The van der Waals surface area contributed by atoms with Crippen LogP contribution in [0.15, 0.2) is 29.4 Å². The summed E-state index contributed by atoms with van der Waals surface area (Å²) in [5.41, 5.74) is 0.548. The zero-order chi connectivity index (χ0) is 15.7. The number of benzene rings is 1. The van der Waals surface area contributed by atoms with Crippen molar-refractivity contribution in [3.63, 3.8) is 0 Å². The summed E-state index contributed by atoms with van der Waals surface area (Å²) in [5, 5.41) is 4.07. The van der Waals surface area contributed by atoms with E-state index in [1.54, 1.807) is 19.1 Å². The molecule has 3 rings (SSSR count). The predicted molar refractivity (Wildman–Crippen MR) is 82.0 cm³/mol. The molecule has 22 heavy (non-hydrogen) atoms. The van der Waals surface area contributed by atoms with Gasteiger partial charge >= 0.3 is 0 Å². The fourth-order valence-electron chi connectivity index (χ4n) is 3.16. The van der Waals surface area contributed by atoms with Gasteiger partial charge in [-0.25, -0.2) is 4.39 Å². The summed E-state index contributed by atoms with van der Waals surface area (Å²) in [6, 6.07) is 6.11. The molecular weight excluding hydrogens is 283 g/mol. The summed E-state index contributed by atoms with van der Waals surface area (Å²) in [6.45, 7) is 5.52. The average Bonchev–Trinajstić information content (AvgIpc) is 2.91. The first kappa shape index (κ1) is 15.0. The van der Waals surface area contributed by atoms with Crippen molar-refractivity contribution in [1.82, 2.24) is 4.90 Å². The molecule has 1 fully saturated rings. The van der Waals surface area contributed by atoms with Gasteiger partial charge in [0.25, 0.3) is 5.91 Å². The van der Waals surface area contributed by atoms with Gasteiger partial charge in [0.05, 0.1) is 5.71 Å². The van der Waals surface area contributed by atoms with Gasteiger partial charge < -0.3 is 9.74 Å². The summed E-state index contributed by atoms with van der Waals surface area (Å²) in [6.07, 6.45) is 2.62. The topological polar surface area (TPSA) is 41.9 Å². The Labute approximate surface area is 129 Å². The SMILES string of the molecule is C[C@H]1CCCN(C(=O)[C@]2(C)CC(c3ccc(F)cc3)=NO2)C1. The van der Waals surface area contributed by atoms with Crippen LogP contribution in [0.2, 0.25) is 0 Å². The van der Waals surface area contributed by atoms with Crippen LogP contribution in [-0.4, -0.2) is 35.2 Å². The molecule has 0 aliphatic carbocycles. The number of piperidine rings is 1. The molecule has 0 radical (unpaired) electrons. The molecule has 0 unspecified atom stereocenters. The molecule has 118 valence electrons. The fraction of sp³-hybridized carbons (Fsp3) is 0.529. The molecule has 2 atom stereocenters. The third-order valence-corrected chi connectivity index (χ3v) is 4.44. The molecule has 2 aliphatic rings. The van der Waals surface area contributed by atoms with Crippen molar-refractivity contribution in [2.24, 2.45) is 11.1 Å². The van der Waals surface area contributed by atoms with Crippen molar-refractivity contribution in [3.8, 4) is 0 Å². The van der Waals surface area contributed by atoms with E-state index in [0.717, 1.165) is 25.1 Å². The van der Waals surface area contributed by atoms with Crippen LogP contribution in [0.25, 0.3) is 0 Å². The van der Waals surface area contributed by atoms with Crippen LogP contribution in [0.5, 0.6) is 0 Å². The normalized spacial score (nSPS) is 28.2. The molecule has 0 N–H and O–H groups in total. The summed E-state index contributed by atoms with van der Waals surface area (Å²) < 4.78 is 13.0. The number of rotatable bonds is 2. The lowest BCUT2D eigenvalue weighted by molar-refractivity contribution is -0.155. The fourth-order valence-corrected chi connectivity index (χ4v) is 3.16. The van der Waals surface area contributed by atoms with E-state index in [1.807, 2.05) is 4.90 Å². The van der Waals surface area contributed by atoms with E-state index in [4.69, 9.17) is 4.84 Å². The van der Waals surface area contributed by atoms with Gasteiger partial charge in [-0.3, -0.25) is 4.79 Å². The molecule has 0 aromatic heterocycles. The van der Waals surface area contributed by atoms with Crippen molar-refractivity contribution < 1.29 is 14.0 Å². The number of carbonyl (C=O) groups is 1. The average molecular weight is 304 g/mol. The molecule has 1 saturated heterocycles.